The monoisotopic (exact) mass is 354 g/mol. The van der Waals surface area contributed by atoms with Crippen LogP contribution in [0.25, 0.3) is 0 Å². The van der Waals surface area contributed by atoms with Crippen molar-refractivity contribution >= 4 is 22.6 Å². The maximum Gasteiger partial charge on any atom is 0.132 e. The van der Waals surface area contributed by atoms with E-state index in [4.69, 9.17) is 9.47 Å². The van der Waals surface area contributed by atoms with Crippen LogP contribution >= 0.6 is 22.6 Å². The molecule has 0 radical (unpaired) electrons. The van der Waals surface area contributed by atoms with Gasteiger partial charge in [-0.05, 0) is 40.3 Å². The number of hydrogen-bond acceptors (Lipinski definition) is 2. The Labute approximate surface area is 121 Å². The fourth-order valence-electron chi connectivity index (χ4n) is 1.70. The molecule has 2 nitrogen and oxygen atoms in total. The minimum absolute atomic E-state index is 0.0396. The average molecular weight is 354 g/mol. The number of benzene rings is 2. The van der Waals surface area contributed by atoms with Crippen LogP contribution in [0.5, 0.6) is 5.75 Å². The highest BCUT2D eigenvalue weighted by molar-refractivity contribution is 14.1. The van der Waals surface area contributed by atoms with Gasteiger partial charge in [-0.3, -0.25) is 0 Å². The van der Waals surface area contributed by atoms with Gasteiger partial charge in [0, 0.05) is 7.11 Å². The molecule has 0 bridgehead atoms. The summed E-state index contributed by atoms with van der Waals surface area (Å²) in [5.41, 5.74) is 1.13. The summed E-state index contributed by atoms with van der Waals surface area (Å²) in [6.07, 6.45) is -0.0396. The summed E-state index contributed by atoms with van der Waals surface area (Å²) in [7, 11) is 1.71. The summed E-state index contributed by atoms with van der Waals surface area (Å²) in [4.78, 5) is 0. The molecule has 18 heavy (non-hydrogen) atoms. The number of rotatable bonds is 5. The molecule has 0 aliphatic rings. The van der Waals surface area contributed by atoms with Gasteiger partial charge in [0.15, 0.2) is 0 Å². The minimum atomic E-state index is -0.0396. The number of para-hydroxylation sites is 1. The molecule has 0 fully saturated rings. The van der Waals surface area contributed by atoms with Gasteiger partial charge in [-0.2, -0.15) is 0 Å². The fraction of sp³-hybridized carbons (Fsp3) is 0.200. The highest BCUT2D eigenvalue weighted by atomic mass is 127. The first kappa shape index (κ1) is 13.4. The maximum atomic E-state index is 5.81. The van der Waals surface area contributed by atoms with Crippen LogP contribution in [0.15, 0.2) is 54.6 Å². The Morgan fingerprint density at radius 1 is 1.00 bits per heavy atom. The first-order valence-electron chi connectivity index (χ1n) is 5.76. The first-order valence-corrected chi connectivity index (χ1v) is 6.84. The first-order chi connectivity index (χ1) is 8.81. The van der Waals surface area contributed by atoms with E-state index in [0.29, 0.717) is 6.61 Å². The van der Waals surface area contributed by atoms with Crippen LogP contribution in [-0.2, 0) is 4.74 Å². The summed E-state index contributed by atoms with van der Waals surface area (Å²) in [6.45, 7) is 0.514. The summed E-state index contributed by atoms with van der Waals surface area (Å²) < 4.78 is 12.4. The second-order valence-electron chi connectivity index (χ2n) is 3.88. The lowest BCUT2D eigenvalue weighted by Gasteiger charge is -2.17. The summed E-state index contributed by atoms with van der Waals surface area (Å²) in [5.74, 6) is 0.899. The van der Waals surface area contributed by atoms with E-state index in [1.807, 2.05) is 54.6 Å². The van der Waals surface area contributed by atoms with Gasteiger partial charge < -0.3 is 9.47 Å². The van der Waals surface area contributed by atoms with Crippen LogP contribution in [0.2, 0.25) is 0 Å². The Bertz CT molecular complexity index is 485. The lowest BCUT2D eigenvalue weighted by molar-refractivity contribution is 0.0573. The molecule has 3 heteroatoms. The molecule has 0 aliphatic heterocycles. The van der Waals surface area contributed by atoms with Crippen molar-refractivity contribution in [2.75, 3.05) is 13.7 Å². The Balaban J connectivity index is 2.02. The number of ether oxygens (including phenoxy) is 2. The maximum absolute atomic E-state index is 5.81. The zero-order valence-electron chi connectivity index (χ0n) is 10.2. The summed E-state index contributed by atoms with van der Waals surface area (Å²) in [5, 5.41) is 0. The van der Waals surface area contributed by atoms with Gasteiger partial charge >= 0.3 is 0 Å². The Hall–Kier alpha value is -1.07. The van der Waals surface area contributed by atoms with E-state index < -0.39 is 0 Å². The van der Waals surface area contributed by atoms with Gasteiger partial charge in [0.1, 0.15) is 18.5 Å². The Kier molecular flexibility index (Phi) is 5.01. The third-order valence-electron chi connectivity index (χ3n) is 2.68. The highest BCUT2D eigenvalue weighted by Crippen LogP contribution is 2.23. The Morgan fingerprint density at radius 2 is 1.67 bits per heavy atom. The molecule has 0 heterocycles. The van der Waals surface area contributed by atoms with Crippen LogP contribution in [0.1, 0.15) is 11.7 Å². The van der Waals surface area contributed by atoms with Gasteiger partial charge in [0.05, 0.1) is 3.57 Å². The van der Waals surface area contributed by atoms with Crippen molar-refractivity contribution in [3.63, 3.8) is 0 Å². The van der Waals surface area contributed by atoms with Crippen molar-refractivity contribution in [3.05, 3.63) is 63.7 Å². The second-order valence-corrected chi connectivity index (χ2v) is 5.04. The van der Waals surface area contributed by atoms with E-state index in [1.54, 1.807) is 7.11 Å². The molecule has 0 aromatic heterocycles. The molecule has 0 spiro atoms. The summed E-state index contributed by atoms with van der Waals surface area (Å²) in [6, 6.07) is 18.1. The molecular formula is C15H15IO2. The largest absolute Gasteiger partial charge is 0.489 e. The van der Waals surface area contributed by atoms with Crippen LogP contribution in [-0.4, -0.2) is 13.7 Å². The van der Waals surface area contributed by atoms with E-state index in [9.17, 15) is 0 Å². The summed E-state index contributed by atoms with van der Waals surface area (Å²) >= 11 is 2.27. The van der Waals surface area contributed by atoms with Crippen molar-refractivity contribution in [2.45, 2.75) is 6.10 Å². The molecule has 2 aromatic rings. The molecule has 0 saturated heterocycles. The van der Waals surface area contributed by atoms with E-state index in [2.05, 4.69) is 22.6 Å². The normalized spacial score (nSPS) is 12.1. The molecule has 94 valence electrons. The number of halogens is 1. The molecule has 2 aromatic carbocycles. The molecule has 0 unspecified atom stereocenters. The van der Waals surface area contributed by atoms with E-state index in [0.717, 1.165) is 14.9 Å². The zero-order valence-corrected chi connectivity index (χ0v) is 12.3. The van der Waals surface area contributed by atoms with Gasteiger partial charge in [-0.25, -0.2) is 0 Å². The lowest BCUT2D eigenvalue weighted by atomic mass is 10.1. The number of methoxy groups -OCH3 is 1. The van der Waals surface area contributed by atoms with Crippen molar-refractivity contribution < 1.29 is 9.47 Å². The fourth-order valence-corrected chi connectivity index (χ4v) is 2.24. The lowest BCUT2D eigenvalue weighted by Crippen LogP contribution is -2.12. The molecular weight excluding hydrogens is 339 g/mol. The molecule has 0 aliphatic carbocycles. The quantitative estimate of drug-likeness (QED) is 0.754. The average Bonchev–Trinajstić information content (AvgIpc) is 2.42. The third kappa shape index (κ3) is 3.46. The van der Waals surface area contributed by atoms with Crippen LogP contribution in [0, 0.1) is 3.57 Å². The Morgan fingerprint density at radius 3 is 2.33 bits per heavy atom. The molecule has 0 saturated carbocycles. The van der Waals surface area contributed by atoms with Gasteiger partial charge in [-0.1, -0.05) is 42.5 Å². The van der Waals surface area contributed by atoms with Gasteiger partial charge in [0.2, 0.25) is 0 Å². The van der Waals surface area contributed by atoms with E-state index in [1.165, 1.54) is 0 Å². The van der Waals surface area contributed by atoms with Gasteiger partial charge in [-0.15, -0.1) is 0 Å². The predicted octanol–water partition coefficient (Wildman–Crippen LogP) is 4.06. The smallest absolute Gasteiger partial charge is 0.132 e. The van der Waals surface area contributed by atoms with Gasteiger partial charge in [0.25, 0.3) is 0 Å². The minimum Gasteiger partial charge on any atom is -0.489 e. The van der Waals surface area contributed by atoms with Crippen LogP contribution < -0.4 is 4.74 Å². The molecule has 0 amide bonds. The van der Waals surface area contributed by atoms with Crippen molar-refractivity contribution in [2.24, 2.45) is 0 Å². The zero-order chi connectivity index (χ0) is 12.8. The van der Waals surface area contributed by atoms with Crippen molar-refractivity contribution in [1.82, 2.24) is 0 Å². The van der Waals surface area contributed by atoms with Crippen LogP contribution in [0.4, 0.5) is 0 Å². The van der Waals surface area contributed by atoms with E-state index in [-0.39, 0.29) is 6.10 Å². The SMILES string of the molecule is CO[C@H](COc1ccccc1I)c1ccccc1. The third-order valence-corrected chi connectivity index (χ3v) is 3.57. The standard InChI is InChI=1S/C15H15IO2/c1-17-15(12-7-3-2-4-8-12)11-18-14-10-6-5-9-13(14)16/h2-10,15H,11H2,1H3/t15-/m1/s1. The van der Waals surface area contributed by atoms with E-state index >= 15 is 0 Å². The molecule has 1 atom stereocenters. The molecule has 2 rings (SSSR count). The van der Waals surface area contributed by atoms with Crippen molar-refractivity contribution in [1.29, 1.82) is 0 Å². The predicted molar refractivity (Wildman–Crippen MR) is 80.8 cm³/mol. The van der Waals surface area contributed by atoms with Crippen molar-refractivity contribution in [3.8, 4) is 5.75 Å². The molecule has 0 N–H and O–H groups in total. The van der Waals surface area contributed by atoms with Crippen LogP contribution in [0.3, 0.4) is 0 Å². The second kappa shape index (κ2) is 6.75. The number of hydrogen-bond donors (Lipinski definition) is 0. The highest BCUT2D eigenvalue weighted by Gasteiger charge is 2.11. The topological polar surface area (TPSA) is 18.5 Å².